The van der Waals surface area contributed by atoms with Gasteiger partial charge in [0.2, 0.25) is 0 Å². The zero-order chi connectivity index (χ0) is 22.5. The number of hydrogen-bond acceptors (Lipinski definition) is 2. The van der Waals surface area contributed by atoms with Gasteiger partial charge in [-0.25, -0.2) is 0 Å². The van der Waals surface area contributed by atoms with Crippen LogP contribution in [0.5, 0.6) is 0 Å². The second-order valence-electron chi connectivity index (χ2n) is 13.1. The van der Waals surface area contributed by atoms with E-state index in [0.717, 1.165) is 41.8 Å². The summed E-state index contributed by atoms with van der Waals surface area (Å²) in [4.78, 5) is 3.14. The molecule has 0 atom stereocenters. The molecule has 3 heteroatoms. The quantitative estimate of drug-likeness (QED) is 0.412. The minimum absolute atomic E-state index is 0.465. The first-order valence-corrected chi connectivity index (χ1v) is 15.6. The third-order valence-corrected chi connectivity index (χ3v) is 11.3. The molecule has 0 aliphatic heterocycles. The summed E-state index contributed by atoms with van der Waals surface area (Å²) in [6, 6.07) is 2.52. The van der Waals surface area contributed by atoms with Crippen molar-refractivity contribution in [2.24, 2.45) is 23.7 Å². The van der Waals surface area contributed by atoms with Crippen LogP contribution in [0.2, 0.25) is 5.82 Å². The highest BCUT2D eigenvalue weighted by Crippen LogP contribution is 2.45. The molecule has 5 aliphatic carbocycles. The van der Waals surface area contributed by atoms with Crippen LogP contribution in [0.25, 0.3) is 0 Å². The summed E-state index contributed by atoms with van der Waals surface area (Å²) in [7, 11) is 1.51. The van der Waals surface area contributed by atoms with Gasteiger partial charge in [0.1, 0.15) is 0 Å². The molecular weight excluding hydrogens is 401 g/mol. The first-order valence-electron chi connectivity index (χ1n) is 15.6. The zero-order valence-corrected chi connectivity index (χ0v) is 21.6. The maximum Gasteiger partial charge on any atom is 0.290 e. The van der Waals surface area contributed by atoms with Crippen LogP contribution in [-0.2, 0) is 0 Å². The molecule has 0 bridgehead atoms. The maximum absolute atomic E-state index is 9.58. The average Bonchev–Trinajstić information content (AvgIpc) is 2.91. The molecule has 5 fully saturated rings. The Morgan fingerprint density at radius 3 is 1.09 bits per heavy atom. The fourth-order valence-corrected chi connectivity index (χ4v) is 9.40. The van der Waals surface area contributed by atoms with Crippen LogP contribution in [0.3, 0.4) is 0 Å². The topological polar surface area (TPSA) is 23.5 Å². The van der Waals surface area contributed by atoms with Crippen molar-refractivity contribution in [1.82, 2.24) is 4.90 Å². The first-order chi connectivity index (χ1) is 16.3. The monoisotopic (exact) mass is 454 g/mol. The summed E-state index contributed by atoms with van der Waals surface area (Å²) in [5, 5.41) is 9.58. The molecule has 5 aliphatic rings. The van der Waals surface area contributed by atoms with Crippen LogP contribution in [0.4, 0.5) is 0 Å². The molecule has 1 radical (unpaired) electrons. The van der Waals surface area contributed by atoms with E-state index in [-0.39, 0.29) is 0 Å². The summed E-state index contributed by atoms with van der Waals surface area (Å²) in [6.45, 7) is 0. The second-order valence-corrected chi connectivity index (χ2v) is 13.1. The minimum Gasteiger partial charge on any atom is -0.454 e. The summed E-state index contributed by atoms with van der Waals surface area (Å²) in [5.74, 6) is 4.69. The SMILES string of the molecule is O[B]C1CCC(N(C2CCC(C3CCCCC3)CC2)C2CCC(C3CCCCC3)CC2)CC1. The largest absolute Gasteiger partial charge is 0.454 e. The van der Waals surface area contributed by atoms with Crippen LogP contribution in [0.1, 0.15) is 141 Å². The lowest BCUT2D eigenvalue weighted by Gasteiger charge is -2.50. The van der Waals surface area contributed by atoms with Gasteiger partial charge < -0.3 is 5.02 Å². The highest BCUT2D eigenvalue weighted by atomic mass is 16.2. The summed E-state index contributed by atoms with van der Waals surface area (Å²) in [6.07, 6.45) is 32.2. The predicted octanol–water partition coefficient (Wildman–Crippen LogP) is 7.91. The molecule has 2 nitrogen and oxygen atoms in total. The Kier molecular flexibility index (Phi) is 9.19. The molecule has 5 saturated carbocycles. The molecule has 33 heavy (non-hydrogen) atoms. The fourth-order valence-electron chi connectivity index (χ4n) is 9.40. The summed E-state index contributed by atoms with van der Waals surface area (Å²) >= 11 is 0. The Bertz CT molecular complexity index is 510. The van der Waals surface area contributed by atoms with Gasteiger partial charge in [0, 0.05) is 18.1 Å². The van der Waals surface area contributed by atoms with E-state index in [1.807, 2.05) is 0 Å². The van der Waals surface area contributed by atoms with Gasteiger partial charge in [-0.3, -0.25) is 4.90 Å². The number of rotatable bonds is 6. The van der Waals surface area contributed by atoms with Crippen molar-refractivity contribution < 1.29 is 5.02 Å². The van der Waals surface area contributed by atoms with E-state index in [9.17, 15) is 5.02 Å². The summed E-state index contributed by atoms with van der Waals surface area (Å²) in [5.41, 5.74) is 0. The average molecular weight is 455 g/mol. The highest BCUT2D eigenvalue weighted by molar-refractivity contribution is 6.27. The van der Waals surface area contributed by atoms with Crippen molar-refractivity contribution in [2.75, 3.05) is 0 Å². The number of nitrogens with zero attached hydrogens (tertiary/aromatic N) is 1. The van der Waals surface area contributed by atoms with Gasteiger partial charge in [0.15, 0.2) is 0 Å². The third-order valence-electron chi connectivity index (χ3n) is 11.3. The molecule has 0 aromatic carbocycles. The molecule has 0 saturated heterocycles. The van der Waals surface area contributed by atoms with Gasteiger partial charge >= 0.3 is 0 Å². The minimum atomic E-state index is 0.465. The van der Waals surface area contributed by atoms with E-state index in [2.05, 4.69) is 4.90 Å². The molecule has 1 N–H and O–H groups in total. The van der Waals surface area contributed by atoms with Crippen molar-refractivity contribution in [2.45, 2.75) is 165 Å². The zero-order valence-electron chi connectivity index (χ0n) is 21.6. The van der Waals surface area contributed by atoms with E-state index >= 15 is 0 Å². The van der Waals surface area contributed by atoms with E-state index in [4.69, 9.17) is 0 Å². The van der Waals surface area contributed by atoms with Crippen LogP contribution in [0, 0.1) is 23.7 Å². The normalized spacial score (nSPS) is 40.1. The van der Waals surface area contributed by atoms with Gasteiger partial charge in [-0.15, -0.1) is 0 Å². The van der Waals surface area contributed by atoms with Crippen molar-refractivity contribution in [3.8, 4) is 0 Å². The molecule has 0 spiro atoms. The highest BCUT2D eigenvalue weighted by Gasteiger charge is 2.40. The molecule has 0 aromatic heterocycles. The Hall–Kier alpha value is -0.0151. The lowest BCUT2D eigenvalue weighted by atomic mass is 9.67. The van der Waals surface area contributed by atoms with Gasteiger partial charge in [-0.2, -0.15) is 0 Å². The predicted molar refractivity (Wildman–Crippen MR) is 140 cm³/mol. The van der Waals surface area contributed by atoms with Gasteiger partial charge in [0.25, 0.3) is 7.48 Å². The van der Waals surface area contributed by atoms with Crippen molar-refractivity contribution in [1.29, 1.82) is 0 Å². The van der Waals surface area contributed by atoms with Crippen LogP contribution >= 0.6 is 0 Å². The molecule has 0 amide bonds. The van der Waals surface area contributed by atoms with Crippen LogP contribution < -0.4 is 0 Å². The fraction of sp³-hybridized carbons (Fsp3) is 1.00. The second kappa shape index (κ2) is 12.3. The Labute approximate surface area is 206 Å². The smallest absolute Gasteiger partial charge is 0.290 e. The Morgan fingerprint density at radius 1 is 0.394 bits per heavy atom. The molecule has 5 rings (SSSR count). The van der Waals surface area contributed by atoms with Crippen molar-refractivity contribution >= 4 is 7.48 Å². The van der Waals surface area contributed by atoms with E-state index in [1.165, 1.54) is 149 Å². The first kappa shape index (κ1) is 24.7. The molecule has 0 heterocycles. The standard InChI is InChI=1S/C30H53BNO/c33-31-27-15-21-30(22-16-27)32(28-17-11-25(12-18-28)23-7-3-1-4-8-23)29-19-13-26(14-20-29)24-9-5-2-6-10-24/h23-30,33H,1-22H2. The van der Waals surface area contributed by atoms with E-state index < -0.39 is 0 Å². The molecule has 0 aromatic rings. The Morgan fingerprint density at radius 2 is 0.727 bits per heavy atom. The number of hydrogen-bond donors (Lipinski definition) is 1. The van der Waals surface area contributed by atoms with Crippen LogP contribution in [0.15, 0.2) is 0 Å². The maximum atomic E-state index is 9.58. The van der Waals surface area contributed by atoms with E-state index in [0.29, 0.717) is 5.82 Å². The summed E-state index contributed by atoms with van der Waals surface area (Å²) < 4.78 is 0. The van der Waals surface area contributed by atoms with Crippen molar-refractivity contribution in [3.63, 3.8) is 0 Å². The molecular formula is C30H53BNO. The van der Waals surface area contributed by atoms with Crippen molar-refractivity contribution in [3.05, 3.63) is 0 Å². The third kappa shape index (κ3) is 6.22. The van der Waals surface area contributed by atoms with E-state index in [1.54, 1.807) is 0 Å². The molecule has 187 valence electrons. The van der Waals surface area contributed by atoms with Gasteiger partial charge in [-0.1, -0.05) is 77.0 Å². The lowest BCUT2D eigenvalue weighted by molar-refractivity contribution is -0.00177. The lowest BCUT2D eigenvalue weighted by Crippen LogP contribution is -2.53. The van der Waals surface area contributed by atoms with Crippen LogP contribution in [-0.4, -0.2) is 35.5 Å². The van der Waals surface area contributed by atoms with Gasteiger partial charge in [-0.05, 0) is 93.7 Å². The molecule has 0 unspecified atom stereocenters. The van der Waals surface area contributed by atoms with Gasteiger partial charge in [0.05, 0.1) is 0 Å². The Balaban J connectivity index is 1.20.